The first kappa shape index (κ1) is 19.9. The molecule has 0 unspecified atom stereocenters. The van der Waals surface area contributed by atoms with Gasteiger partial charge in [-0.05, 0) is 61.5 Å². The van der Waals surface area contributed by atoms with E-state index in [9.17, 15) is 4.79 Å². The average Bonchev–Trinajstić information content (AvgIpc) is 3.23. The molecule has 5 heteroatoms. The lowest BCUT2D eigenvalue weighted by Crippen LogP contribution is -2.26. The van der Waals surface area contributed by atoms with Crippen molar-refractivity contribution in [3.63, 3.8) is 0 Å². The first-order valence-corrected chi connectivity index (χ1v) is 11.7. The fourth-order valence-corrected chi connectivity index (χ4v) is 5.31. The first-order valence-electron chi connectivity index (χ1n) is 10.8. The lowest BCUT2D eigenvalue weighted by molar-refractivity contribution is -0.116. The molecule has 0 amide bonds. The van der Waals surface area contributed by atoms with Crippen molar-refractivity contribution < 1.29 is 9.53 Å². The van der Waals surface area contributed by atoms with E-state index in [0.29, 0.717) is 6.42 Å². The molecule has 1 aliphatic carbocycles. The number of benzene rings is 2. The molecule has 3 aromatic rings. The number of thiophene rings is 1. The molecule has 2 heterocycles. The molecule has 0 saturated carbocycles. The highest BCUT2D eigenvalue weighted by Gasteiger charge is 2.36. The van der Waals surface area contributed by atoms with Gasteiger partial charge in [0, 0.05) is 28.5 Å². The third-order valence-electron chi connectivity index (χ3n) is 5.84. The van der Waals surface area contributed by atoms with Crippen LogP contribution < -0.4 is 15.4 Å². The summed E-state index contributed by atoms with van der Waals surface area (Å²) in [5, 5.41) is 9.32. The van der Waals surface area contributed by atoms with E-state index in [1.54, 1.807) is 11.3 Å². The topological polar surface area (TPSA) is 50.4 Å². The SMILES string of the molecule is CC(C)Oc1ccc([C@H]2Nc3ccccc3NC3=C2C(=O)C[C@H](c2cccs2)C3)cc1. The summed E-state index contributed by atoms with van der Waals surface area (Å²) in [7, 11) is 0. The minimum absolute atomic E-state index is 0.126. The molecule has 0 spiro atoms. The number of nitrogens with one attached hydrogen (secondary N) is 2. The van der Waals surface area contributed by atoms with E-state index in [0.717, 1.165) is 40.4 Å². The highest BCUT2D eigenvalue weighted by molar-refractivity contribution is 7.10. The van der Waals surface area contributed by atoms with Crippen molar-refractivity contribution in [2.24, 2.45) is 0 Å². The Morgan fingerprint density at radius 1 is 0.968 bits per heavy atom. The lowest BCUT2D eigenvalue weighted by atomic mass is 9.81. The number of ether oxygens (including phenoxy) is 1. The number of rotatable bonds is 4. The van der Waals surface area contributed by atoms with Crippen LogP contribution in [0.3, 0.4) is 0 Å². The molecule has 2 atom stereocenters. The van der Waals surface area contributed by atoms with Gasteiger partial charge in [-0.15, -0.1) is 11.3 Å². The van der Waals surface area contributed by atoms with Gasteiger partial charge in [0.25, 0.3) is 0 Å². The first-order chi connectivity index (χ1) is 15.1. The van der Waals surface area contributed by atoms with Gasteiger partial charge >= 0.3 is 0 Å². The Morgan fingerprint density at radius 2 is 1.74 bits per heavy atom. The number of ketones is 1. The predicted molar refractivity (Wildman–Crippen MR) is 127 cm³/mol. The van der Waals surface area contributed by atoms with Gasteiger partial charge in [-0.2, -0.15) is 0 Å². The smallest absolute Gasteiger partial charge is 0.163 e. The Balaban J connectivity index is 1.56. The molecular formula is C26H26N2O2S. The molecular weight excluding hydrogens is 404 g/mol. The lowest BCUT2D eigenvalue weighted by Gasteiger charge is -2.29. The molecule has 1 aliphatic heterocycles. The molecule has 31 heavy (non-hydrogen) atoms. The number of Topliss-reactive ketones (excluding diaryl/α,β-unsaturated/α-hetero) is 1. The summed E-state index contributed by atoms with van der Waals surface area (Å²) in [6, 6.07) is 20.3. The Kier molecular flexibility index (Phi) is 5.28. The quantitative estimate of drug-likeness (QED) is 0.495. The Hall–Kier alpha value is -3.05. The largest absolute Gasteiger partial charge is 0.491 e. The van der Waals surface area contributed by atoms with Crippen LogP contribution in [0.15, 0.2) is 77.3 Å². The van der Waals surface area contributed by atoms with E-state index >= 15 is 0 Å². The number of carbonyl (C=O) groups is 1. The fourth-order valence-electron chi connectivity index (χ4n) is 4.48. The van der Waals surface area contributed by atoms with Gasteiger partial charge in [-0.25, -0.2) is 0 Å². The standard InChI is InChI=1S/C26H26N2O2S/c1-16(2)30-19-11-9-17(10-12-19)26-25-22(27-20-6-3-4-7-21(20)28-26)14-18(15-23(25)29)24-8-5-13-31-24/h3-13,16,18,26-28H,14-15H2,1-2H3/t18-,26-/m1/s1. The zero-order valence-electron chi connectivity index (χ0n) is 17.7. The van der Waals surface area contributed by atoms with Crippen LogP contribution in [0, 0.1) is 0 Å². The van der Waals surface area contributed by atoms with Crippen molar-refractivity contribution in [3.05, 3.63) is 87.8 Å². The van der Waals surface area contributed by atoms with Gasteiger partial charge in [-0.1, -0.05) is 30.3 Å². The second-order valence-corrected chi connectivity index (χ2v) is 9.40. The normalized spacial score (nSPS) is 20.4. The van der Waals surface area contributed by atoms with Crippen molar-refractivity contribution in [1.82, 2.24) is 0 Å². The second-order valence-electron chi connectivity index (χ2n) is 8.42. The second kappa shape index (κ2) is 8.23. The van der Waals surface area contributed by atoms with Gasteiger partial charge in [0.1, 0.15) is 5.75 Å². The molecule has 2 N–H and O–H groups in total. The number of hydrogen-bond acceptors (Lipinski definition) is 5. The molecule has 2 aromatic carbocycles. The van der Waals surface area contributed by atoms with Crippen LogP contribution >= 0.6 is 11.3 Å². The third-order valence-corrected chi connectivity index (χ3v) is 6.87. The van der Waals surface area contributed by atoms with Crippen LogP contribution in [0.4, 0.5) is 11.4 Å². The number of fused-ring (bicyclic) bond motifs is 1. The van der Waals surface area contributed by atoms with Crippen molar-refractivity contribution >= 4 is 28.5 Å². The van der Waals surface area contributed by atoms with Gasteiger partial charge in [0.05, 0.1) is 23.5 Å². The van der Waals surface area contributed by atoms with Gasteiger partial charge in [0.2, 0.25) is 0 Å². The van der Waals surface area contributed by atoms with Gasteiger partial charge in [0.15, 0.2) is 5.78 Å². The average molecular weight is 431 g/mol. The molecule has 0 saturated heterocycles. The summed E-state index contributed by atoms with van der Waals surface area (Å²) in [6.45, 7) is 4.04. The minimum Gasteiger partial charge on any atom is -0.491 e. The zero-order valence-corrected chi connectivity index (χ0v) is 18.5. The summed E-state index contributed by atoms with van der Waals surface area (Å²) in [6.07, 6.45) is 1.51. The van der Waals surface area contributed by atoms with Crippen LogP contribution in [0.25, 0.3) is 0 Å². The molecule has 4 nitrogen and oxygen atoms in total. The Labute approximate surface area is 187 Å². The number of para-hydroxylation sites is 2. The van der Waals surface area contributed by atoms with Crippen LogP contribution in [-0.4, -0.2) is 11.9 Å². The van der Waals surface area contributed by atoms with E-state index in [4.69, 9.17) is 4.74 Å². The molecule has 5 rings (SSSR count). The Morgan fingerprint density at radius 3 is 2.45 bits per heavy atom. The van der Waals surface area contributed by atoms with Crippen LogP contribution in [-0.2, 0) is 4.79 Å². The highest BCUT2D eigenvalue weighted by Crippen LogP contribution is 2.45. The van der Waals surface area contributed by atoms with E-state index in [1.807, 2.05) is 38.1 Å². The van der Waals surface area contributed by atoms with E-state index < -0.39 is 0 Å². The predicted octanol–water partition coefficient (Wildman–Crippen LogP) is 6.51. The van der Waals surface area contributed by atoms with Crippen molar-refractivity contribution in [3.8, 4) is 5.75 Å². The molecule has 1 aromatic heterocycles. The van der Waals surface area contributed by atoms with Crippen molar-refractivity contribution in [2.75, 3.05) is 10.6 Å². The summed E-state index contributed by atoms with van der Waals surface area (Å²) >= 11 is 1.73. The summed E-state index contributed by atoms with van der Waals surface area (Å²) in [4.78, 5) is 14.8. The van der Waals surface area contributed by atoms with E-state index in [2.05, 4.69) is 52.4 Å². The number of hydrogen-bond donors (Lipinski definition) is 2. The maximum absolute atomic E-state index is 13.5. The molecule has 158 valence electrons. The van der Waals surface area contributed by atoms with E-state index in [-0.39, 0.29) is 23.8 Å². The highest BCUT2D eigenvalue weighted by atomic mass is 32.1. The molecule has 0 bridgehead atoms. The zero-order chi connectivity index (χ0) is 21.4. The van der Waals surface area contributed by atoms with Gasteiger partial charge < -0.3 is 15.4 Å². The molecule has 2 aliphatic rings. The third kappa shape index (κ3) is 3.98. The number of anilines is 2. The number of allylic oxidation sites excluding steroid dienone is 1. The van der Waals surface area contributed by atoms with Crippen LogP contribution in [0.1, 0.15) is 49.1 Å². The molecule has 0 fully saturated rings. The maximum atomic E-state index is 13.5. The fraction of sp³-hybridized carbons (Fsp3) is 0.269. The van der Waals surface area contributed by atoms with E-state index in [1.165, 1.54) is 4.88 Å². The molecule has 0 radical (unpaired) electrons. The maximum Gasteiger partial charge on any atom is 0.163 e. The summed E-state index contributed by atoms with van der Waals surface area (Å²) < 4.78 is 5.81. The monoisotopic (exact) mass is 430 g/mol. The summed E-state index contributed by atoms with van der Waals surface area (Å²) in [5.74, 6) is 1.28. The van der Waals surface area contributed by atoms with Crippen molar-refractivity contribution in [1.29, 1.82) is 0 Å². The van der Waals surface area contributed by atoms with Crippen LogP contribution in [0.2, 0.25) is 0 Å². The minimum atomic E-state index is -0.198. The number of carbonyl (C=O) groups excluding carboxylic acids is 1. The van der Waals surface area contributed by atoms with Gasteiger partial charge in [-0.3, -0.25) is 4.79 Å². The van der Waals surface area contributed by atoms with Crippen LogP contribution in [0.5, 0.6) is 5.75 Å². The summed E-state index contributed by atoms with van der Waals surface area (Å²) in [5.41, 5.74) is 4.95. The van der Waals surface area contributed by atoms with Crippen molar-refractivity contribution in [2.45, 2.75) is 44.8 Å². The Bertz CT molecular complexity index is 1120.